The lowest BCUT2D eigenvalue weighted by atomic mass is 10.0. The van der Waals surface area contributed by atoms with Crippen molar-refractivity contribution >= 4 is 45.7 Å². The Morgan fingerprint density at radius 2 is 1.82 bits per heavy atom. The van der Waals surface area contributed by atoms with Gasteiger partial charge in [0.2, 0.25) is 5.91 Å². The Morgan fingerprint density at radius 3 is 2.50 bits per heavy atom. The minimum absolute atomic E-state index is 0.186. The number of ether oxygens (including phenoxy) is 1. The highest BCUT2D eigenvalue weighted by atomic mass is 32.2. The van der Waals surface area contributed by atoms with Crippen LogP contribution in [0.3, 0.4) is 0 Å². The molecule has 3 N–H and O–H groups in total. The summed E-state index contributed by atoms with van der Waals surface area (Å²) in [5, 5.41) is 5.22. The Morgan fingerprint density at radius 1 is 1.11 bits per heavy atom. The summed E-state index contributed by atoms with van der Waals surface area (Å²) in [7, 11) is 0. The number of hydrogen-bond acceptors (Lipinski definition) is 6. The van der Waals surface area contributed by atoms with Crippen molar-refractivity contribution in [3.05, 3.63) is 65.5 Å². The van der Waals surface area contributed by atoms with Crippen molar-refractivity contribution in [2.24, 2.45) is 0 Å². The van der Waals surface area contributed by atoms with Crippen LogP contribution in [-0.2, 0) is 9.53 Å². The molecule has 0 atom stereocenters. The fraction of sp³-hybridized carbons (Fsp3) is 0.143. The van der Waals surface area contributed by atoms with E-state index in [0.717, 1.165) is 16.0 Å². The Kier molecular flexibility index (Phi) is 6.73. The highest BCUT2D eigenvalue weighted by Gasteiger charge is 2.22. The molecule has 144 valence electrons. The third-order valence-electron chi connectivity index (χ3n) is 3.86. The molecule has 28 heavy (non-hydrogen) atoms. The van der Waals surface area contributed by atoms with E-state index in [1.54, 1.807) is 19.1 Å². The molecule has 1 heterocycles. The fourth-order valence-corrected chi connectivity index (χ4v) is 4.23. The van der Waals surface area contributed by atoms with E-state index in [1.165, 1.54) is 23.1 Å². The number of anilines is 2. The summed E-state index contributed by atoms with van der Waals surface area (Å²) in [5.41, 5.74) is 8.40. The van der Waals surface area contributed by atoms with Gasteiger partial charge in [0.05, 0.1) is 12.4 Å². The number of thioether (sulfide) groups is 1. The summed E-state index contributed by atoms with van der Waals surface area (Å²) in [4.78, 5) is 25.9. The van der Waals surface area contributed by atoms with Crippen molar-refractivity contribution in [3.63, 3.8) is 0 Å². The van der Waals surface area contributed by atoms with Crippen molar-refractivity contribution in [2.75, 3.05) is 23.4 Å². The largest absolute Gasteiger partial charge is 0.462 e. The average Bonchev–Trinajstić information content (AvgIpc) is 3.12. The molecular formula is C21H20N2O3S2. The third kappa shape index (κ3) is 4.94. The molecule has 0 fully saturated rings. The first-order valence-electron chi connectivity index (χ1n) is 8.70. The summed E-state index contributed by atoms with van der Waals surface area (Å²) in [5.74, 6) is -0.400. The quantitative estimate of drug-likeness (QED) is 0.327. The second-order valence-electron chi connectivity index (χ2n) is 5.85. The van der Waals surface area contributed by atoms with E-state index in [0.29, 0.717) is 16.3 Å². The van der Waals surface area contributed by atoms with Gasteiger partial charge in [-0.2, -0.15) is 0 Å². The number of hydrogen-bond donors (Lipinski definition) is 2. The second-order valence-corrected chi connectivity index (χ2v) is 7.77. The molecule has 3 aromatic rings. The molecule has 0 spiro atoms. The van der Waals surface area contributed by atoms with Gasteiger partial charge in [-0.3, -0.25) is 4.79 Å². The number of carbonyl (C=O) groups is 2. The molecule has 1 aromatic heterocycles. The number of benzene rings is 2. The van der Waals surface area contributed by atoms with E-state index in [-0.39, 0.29) is 18.3 Å². The smallest absolute Gasteiger partial charge is 0.341 e. The number of nitrogens with two attached hydrogens (primary N) is 1. The van der Waals surface area contributed by atoms with Crippen LogP contribution < -0.4 is 11.1 Å². The van der Waals surface area contributed by atoms with E-state index >= 15 is 0 Å². The zero-order valence-corrected chi connectivity index (χ0v) is 16.9. The summed E-state index contributed by atoms with van der Waals surface area (Å²) >= 11 is 2.72. The third-order valence-corrected chi connectivity index (χ3v) is 5.77. The second kappa shape index (κ2) is 9.43. The van der Waals surface area contributed by atoms with Gasteiger partial charge >= 0.3 is 5.97 Å². The van der Waals surface area contributed by atoms with Crippen molar-refractivity contribution < 1.29 is 14.3 Å². The van der Waals surface area contributed by atoms with Gasteiger partial charge < -0.3 is 15.8 Å². The molecule has 7 heteroatoms. The molecule has 0 aliphatic heterocycles. The number of carbonyl (C=O) groups excluding carboxylic acids is 2. The predicted molar refractivity (Wildman–Crippen MR) is 116 cm³/mol. The highest BCUT2D eigenvalue weighted by molar-refractivity contribution is 8.00. The van der Waals surface area contributed by atoms with Crippen LogP contribution in [0.25, 0.3) is 11.1 Å². The van der Waals surface area contributed by atoms with Crippen LogP contribution in [0.5, 0.6) is 0 Å². The first-order chi connectivity index (χ1) is 13.6. The molecule has 0 aliphatic rings. The van der Waals surface area contributed by atoms with Gasteiger partial charge in [0.1, 0.15) is 10.6 Å². The molecule has 3 rings (SSSR count). The normalized spacial score (nSPS) is 10.5. The average molecular weight is 413 g/mol. The zero-order chi connectivity index (χ0) is 19.9. The molecule has 0 saturated carbocycles. The molecule has 0 unspecified atom stereocenters. The summed E-state index contributed by atoms with van der Waals surface area (Å²) in [6.07, 6.45) is 0. The molecule has 1 amide bonds. The first kappa shape index (κ1) is 20.0. The maximum absolute atomic E-state index is 12.5. The Bertz CT molecular complexity index is 954. The van der Waals surface area contributed by atoms with Crippen LogP contribution >= 0.6 is 23.1 Å². The number of esters is 1. The standard InChI is InChI=1S/C21H20N2O3S2/c1-2-26-21(25)19-17(14-6-4-3-5-7-14)12-28-20(19)23-18(24)13-27-16-10-8-15(22)9-11-16/h3-12H,2,13,22H2,1H3,(H,23,24). The number of amides is 1. The Hall–Kier alpha value is -2.77. The lowest BCUT2D eigenvalue weighted by Gasteiger charge is -2.09. The van der Waals surface area contributed by atoms with E-state index in [2.05, 4.69) is 5.32 Å². The van der Waals surface area contributed by atoms with Gasteiger partial charge in [0, 0.05) is 21.5 Å². The van der Waals surface area contributed by atoms with Gasteiger partial charge in [-0.15, -0.1) is 23.1 Å². The van der Waals surface area contributed by atoms with Crippen molar-refractivity contribution in [1.29, 1.82) is 0 Å². The number of nitrogen functional groups attached to an aromatic ring is 1. The fourth-order valence-electron chi connectivity index (χ4n) is 2.56. The van der Waals surface area contributed by atoms with Crippen molar-refractivity contribution in [2.45, 2.75) is 11.8 Å². The highest BCUT2D eigenvalue weighted by Crippen LogP contribution is 2.36. The number of thiophene rings is 1. The molecule has 0 bridgehead atoms. The van der Waals surface area contributed by atoms with Gasteiger partial charge in [-0.1, -0.05) is 30.3 Å². The number of nitrogens with one attached hydrogen (secondary N) is 1. The molecule has 0 aliphatic carbocycles. The lowest BCUT2D eigenvalue weighted by molar-refractivity contribution is -0.113. The van der Waals surface area contributed by atoms with Crippen LogP contribution in [0.4, 0.5) is 10.7 Å². The molecule has 0 radical (unpaired) electrons. The Labute approximate surface area is 171 Å². The van der Waals surface area contributed by atoms with Crippen LogP contribution in [0, 0.1) is 0 Å². The van der Waals surface area contributed by atoms with Crippen LogP contribution in [0.15, 0.2) is 64.9 Å². The van der Waals surface area contributed by atoms with E-state index in [1.807, 2.05) is 47.8 Å². The Balaban J connectivity index is 1.77. The maximum Gasteiger partial charge on any atom is 0.341 e. The molecular weight excluding hydrogens is 392 g/mol. The summed E-state index contributed by atoms with van der Waals surface area (Å²) in [6.45, 7) is 2.03. The SMILES string of the molecule is CCOC(=O)c1c(-c2ccccc2)csc1NC(=O)CSc1ccc(N)cc1. The molecule has 5 nitrogen and oxygen atoms in total. The van der Waals surface area contributed by atoms with Crippen LogP contribution in [0.1, 0.15) is 17.3 Å². The molecule has 2 aromatic carbocycles. The minimum Gasteiger partial charge on any atom is -0.462 e. The van der Waals surface area contributed by atoms with Gasteiger partial charge in [0.25, 0.3) is 0 Å². The number of rotatable bonds is 7. The van der Waals surface area contributed by atoms with E-state index < -0.39 is 5.97 Å². The van der Waals surface area contributed by atoms with E-state index in [9.17, 15) is 9.59 Å². The van der Waals surface area contributed by atoms with Gasteiger partial charge in [0.15, 0.2) is 0 Å². The van der Waals surface area contributed by atoms with Crippen molar-refractivity contribution in [3.8, 4) is 11.1 Å². The minimum atomic E-state index is -0.441. The van der Waals surface area contributed by atoms with Crippen molar-refractivity contribution in [1.82, 2.24) is 0 Å². The first-order valence-corrected chi connectivity index (χ1v) is 10.6. The zero-order valence-electron chi connectivity index (χ0n) is 15.3. The monoisotopic (exact) mass is 412 g/mol. The topological polar surface area (TPSA) is 81.4 Å². The predicted octanol–water partition coefficient (Wildman–Crippen LogP) is 4.90. The van der Waals surface area contributed by atoms with Gasteiger partial charge in [-0.25, -0.2) is 4.79 Å². The summed E-state index contributed by atoms with van der Waals surface area (Å²) in [6, 6.07) is 16.9. The van der Waals surface area contributed by atoms with E-state index in [4.69, 9.17) is 10.5 Å². The van der Waals surface area contributed by atoms with Crippen LogP contribution in [-0.4, -0.2) is 24.2 Å². The molecule has 0 saturated heterocycles. The summed E-state index contributed by atoms with van der Waals surface area (Å²) < 4.78 is 5.21. The van der Waals surface area contributed by atoms with Crippen LogP contribution in [0.2, 0.25) is 0 Å². The van der Waals surface area contributed by atoms with Gasteiger partial charge in [-0.05, 0) is 36.8 Å². The lowest BCUT2D eigenvalue weighted by Crippen LogP contribution is -2.16. The maximum atomic E-state index is 12.5.